The van der Waals surface area contributed by atoms with Gasteiger partial charge in [-0.2, -0.15) is 0 Å². The third-order valence-electron chi connectivity index (χ3n) is 4.17. The van der Waals surface area contributed by atoms with Gasteiger partial charge in [0.25, 0.3) is 0 Å². The van der Waals surface area contributed by atoms with Gasteiger partial charge >= 0.3 is 5.97 Å². The Hall–Kier alpha value is -1.40. The van der Waals surface area contributed by atoms with Crippen LogP contribution in [0.5, 0.6) is 0 Å². The predicted octanol–water partition coefficient (Wildman–Crippen LogP) is 1.82. The van der Waals surface area contributed by atoms with Crippen LogP contribution in [0.1, 0.15) is 31.4 Å². The van der Waals surface area contributed by atoms with Crippen LogP contribution in [0, 0.1) is 11.8 Å². The molecule has 0 fully saturated rings. The van der Waals surface area contributed by atoms with Crippen LogP contribution in [-0.4, -0.2) is 31.3 Å². The topological polar surface area (TPSA) is 83.5 Å². The number of aliphatic carboxylic acids is 1. The quantitative estimate of drug-likeness (QED) is 0.801. The van der Waals surface area contributed by atoms with Gasteiger partial charge < -0.3 is 5.11 Å². The average molecular weight is 325 g/mol. The zero-order chi connectivity index (χ0) is 16.3. The van der Waals surface area contributed by atoms with Gasteiger partial charge in [0.15, 0.2) is 0 Å². The van der Waals surface area contributed by atoms with Crippen molar-refractivity contribution >= 4 is 16.0 Å². The molecular weight excluding hydrogens is 302 g/mol. The van der Waals surface area contributed by atoms with Gasteiger partial charge in [0.2, 0.25) is 10.0 Å². The van der Waals surface area contributed by atoms with E-state index in [-0.39, 0.29) is 11.7 Å². The number of carboxylic acid groups (broad SMARTS) is 1. The minimum atomic E-state index is -3.58. The first-order valence-electron chi connectivity index (χ1n) is 7.58. The standard InChI is InChI=1S/C16H23NO4S/c1-11(2)15(16(18)19)17-22(20,21)8-7-12-9-13-5-3-4-6-14(13)10-12/h3-6,11-12,15,17H,7-10H2,1-2H3,(H,18,19)/t15-/m1/s1. The largest absolute Gasteiger partial charge is 0.480 e. The van der Waals surface area contributed by atoms with Gasteiger partial charge in [0.05, 0.1) is 5.75 Å². The summed E-state index contributed by atoms with van der Waals surface area (Å²) in [5.41, 5.74) is 2.59. The van der Waals surface area contributed by atoms with E-state index in [1.54, 1.807) is 13.8 Å². The highest BCUT2D eigenvalue weighted by molar-refractivity contribution is 7.89. The van der Waals surface area contributed by atoms with Crippen molar-refractivity contribution in [1.82, 2.24) is 4.72 Å². The molecule has 0 bridgehead atoms. The lowest BCUT2D eigenvalue weighted by Crippen LogP contribution is -2.45. The number of hydrogen-bond donors (Lipinski definition) is 2. The summed E-state index contributed by atoms with van der Waals surface area (Å²) in [6, 6.07) is 7.10. The van der Waals surface area contributed by atoms with Gasteiger partial charge in [-0.15, -0.1) is 0 Å². The van der Waals surface area contributed by atoms with Gasteiger partial charge in [-0.1, -0.05) is 38.1 Å². The molecule has 2 rings (SSSR count). The van der Waals surface area contributed by atoms with Crippen molar-refractivity contribution in [3.05, 3.63) is 35.4 Å². The van der Waals surface area contributed by atoms with Crippen molar-refractivity contribution in [2.75, 3.05) is 5.75 Å². The number of benzene rings is 1. The van der Waals surface area contributed by atoms with Crippen LogP contribution in [-0.2, 0) is 27.7 Å². The fourth-order valence-electron chi connectivity index (χ4n) is 2.90. The molecule has 0 aliphatic heterocycles. The number of rotatable bonds is 7. The summed E-state index contributed by atoms with van der Waals surface area (Å²) in [5.74, 6) is -1.13. The third-order valence-corrected chi connectivity index (χ3v) is 5.56. The van der Waals surface area contributed by atoms with E-state index in [4.69, 9.17) is 5.11 Å². The van der Waals surface area contributed by atoms with Crippen LogP contribution in [0.3, 0.4) is 0 Å². The van der Waals surface area contributed by atoms with E-state index in [9.17, 15) is 13.2 Å². The van der Waals surface area contributed by atoms with Crippen LogP contribution < -0.4 is 4.72 Å². The van der Waals surface area contributed by atoms with Crippen molar-refractivity contribution < 1.29 is 18.3 Å². The summed E-state index contributed by atoms with van der Waals surface area (Å²) in [7, 11) is -3.58. The number of carboxylic acids is 1. The van der Waals surface area contributed by atoms with Gasteiger partial charge in [-0.05, 0) is 42.2 Å². The molecule has 6 heteroatoms. The maximum atomic E-state index is 12.1. The number of sulfonamides is 1. The van der Waals surface area contributed by atoms with Crippen LogP contribution in [0.25, 0.3) is 0 Å². The SMILES string of the molecule is CC(C)[C@@H](NS(=O)(=O)CCC1Cc2ccccc2C1)C(=O)O. The molecule has 0 saturated carbocycles. The Balaban J connectivity index is 1.90. The molecule has 22 heavy (non-hydrogen) atoms. The monoisotopic (exact) mass is 325 g/mol. The van der Waals surface area contributed by atoms with E-state index >= 15 is 0 Å². The number of hydrogen-bond acceptors (Lipinski definition) is 3. The first-order chi connectivity index (χ1) is 10.3. The van der Waals surface area contributed by atoms with Crippen molar-refractivity contribution in [3.8, 4) is 0 Å². The van der Waals surface area contributed by atoms with E-state index in [1.165, 1.54) is 11.1 Å². The maximum Gasteiger partial charge on any atom is 0.321 e. The van der Waals surface area contributed by atoms with E-state index < -0.39 is 22.0 Å². The van der Waals surface area contributed by atoms with Crippen molar-refractivity contribution in [1.29, 1.82) is 0 Å². The van der Waals surface area contributed by atoms with Crippen LogP contribution in [0.2, 0.25) is 0 Å². The van der Waals surface area contributed by atoms with E-state index in [0.29, 0.717) is 12.3 Å². The van der Waals surface area contributed by atoms with Crippen LogP contribution in [0.4, 0.5) is 0 Å². The molecule has 0 amide bonds. The Bertz CT molecular complexity index is 614. The molecule has 0 unspecified atom stereocenters. The van der Waals surface area contributed by atoms with Crippen molar-refractivity contribution in [2.24, 2.45) is 11.8 Å². The molecule has 122 valence electrons. The van der Waals surface area contributed by atoms with Crippen molar-refractivity contribution in [2.45, 2.75) is 39.2 Å². The minimum absolute atomic E-state index is 0.0256. The first-order valence-corrected chi connectivity index (χ1v) is 9.23. The molecule has 5 nitrogen and oxygen atoms in total. The Morgan fingerprint density at radius 1 is 1.27 bits per heavy atom. The Morgan fingerprint density at radius 3 is 2.27 bits per heavy atom. The molecule has 0 radical (unpaired) electrons. The smallest absolute Gasteiger partial charge is 0.321 e. The fraction of sp³-hybridized carbons (Fsp3) is 0.562. The molecule has 0 aromatic heterocycles. The molecule has 1 aliphatic carbocycles. The Kier molecular flexibility index (Phi) is 5.24. The Morgan fingerprint density at radius 2 is 1.82 bits per heavy atom. The molecule has 2 N–H and O–H groups in total. The normalized spacial score (nSPS) is 16.7. The molecule has 0 heterocycles. The third kappa shape index (κ3) is 4.30. The highest BCUT2D eigenvalue weighted by Gasteiger charge is 2.28. The second kappa shape index (κ2) is 6.79. The highest BCUT2D eigenvalue weighted by atomic mass is 32.2. The lowest BCUT2D eigenvalue weighted by Gasteiger charge is -2.18. The van der Waals surface area contributed by atoms with Gasteiger partial charge in [0, 0.05) is 0 Å². The number of nitrogens with one attached hydrogen (secondary N) is 1. The van der Waals surface area contributed by atoms with Gasteiger partial charge in [-0.3, -0.25) is 4.79 Å². The lowest BCUT2D eigenvalue weighted by molar-refractivity contribution is -0.140. The van der Waals surface area contributed by atoms with Crippen LogP contribution >= 0.6 is 0 Å². The zero-order valence-electron chi connectivity index (χ0n) is 13.0. The van der Waals surface area contributed by atoms with Crippen LogP contribution in [0.15, 0.2) is 24.3 Å². The molecule has 1 aromatic rings. The fourth-order valence-corrected chi connectivity index (χ4v) is 4.42. The van der Waals surface area contributed by atoms with Gasteiger partial charge in [-0.25, -0.2) is 13.1 Å². The summed E-state index contributed by atoms with van der Waals surface area (Å²) >= 11 is 0. The molecule has 1 aliphatic rings. The number of fused-ring (bicyclic) bond motifs is 1. The molecule has 1 atom stereocenters. The summed E-state index contributed by atoms with van der Waals surface area (Å²) in [6.07, 6.45) is 2.35. The minimum Gasteiger partial charge on any atom is -0.480 e. The zero-order valence-corrected chi connectivity index (χ0v) is 13.8. The molecule has 0 saturated heterocycles. The summed E-state index contributed by atoms with van der Waals surface area (Å²) < 4.78 is 26.5. The summed E-state index contributed by atoms with van der Waals surface area (Å²) in [4.78, 5) is 11.1. The molecular formula is C16H23NO4S. The van der Waals surface area contributed by atoms with Crippen molar-refractivity contribution in [3.63, 3.8) is 0 Å². The van der Waals surface area contributed by atoms with E-state index in [2.05, 4.69) is 16.9 Å². The summed E-state index contributed by atoms with van der Waals surface area (Å²) in [5, 5.41) is 9.08. The highest BCUT2D eigenvalue weighted by Crippen LogP contribution is 2.28. The Labute approximate surface area is 131 Å². The van der Waals surface area contributed by atoms with E-state index in [0.717, 1.165) is 12.8 Å². The average Bonchev–Trinajstić information content (AvgIpc) is 2.85. The molecule has 1 aromatic carbocycles. The first kappa shape index (κ1) is 17.0. The second-order valence-corrected chi connectivity index (χ2v) is 8.20. The number of carbonyl (C=O) groups is 1. The predicted molar refractivity (Wildman–Crippen MR) is 85.1 cm³/mol. The summed E-state index contributed by atoms with van der Waals surface area (Å²) in [6.45, 7) is 3.38. The van der Waals surface area contributed by atoms with E-state index in [1.807, 2.05) is 12.1 Å². The second-order valence-electron chi connectivity index (χ2n) is 6.33. The van der Waals surface area contributed by atoms with Gasteiger partial charge in [0.1, 0.15) is 6.04 Å². The maximum absolute atomic E-state index is 12.1. The molecule has 0 spiro atoms. The lowest BCUT2D eigenvalue weighted by atomic mass is 10.0.